The van der Waals surface area contributed by atoms with Crippen molar-refractivity contribution in [2.75, 3.05) is 27.4 Å². The molecule has 160 valence electrons. The van der Waals surface area contributed by atoms with Crippen molar-refractivity contribution < 1.29 is 33.3 Å². The summed E-state index contributed by atoms with van der Waals surface area (Å²) in [5.74, 6) is -1.55. The van der Waals surface area contributed by atoms with Gasteiger partial charge < -0.3 is 30.0 Å². The zero-order valence-electron chi connectivity index (χ0n) is 16.4. The molecular formula is C20H21ClN2O7. The highest BCUT2D eigenvalue weighted by Crippen LogP contribution is 2.38. The Morgan fingerprint density at radius 2 is 1.60 bits per heavy atom. The third-order valence-electron chi connectivity index (χ3n) is 3.79. The summed E-state index contributed by atoms with van der Waals surface area (Å²) in [5.41, 5.74) is 5.99. The Balaban J connectivity index is 1.99. The van der Waals surface area contributed by atoms with E-state index in [1.165, 1.54) is 26.4 Å². The summed E-state index contributed by atoms with van der Waals surface area (Å²) in [7, 11) is 2.70. The molecule has 0 bridgehead atoms. The highest BCUT2D eigenvalue weighted by Gasteiger charge is 2.19. The minimum absolute atomic E-state index is 0.0700. The summed E-state index contributed by atoms with van der Waals surface area (Å²) in [6, 6.07) is 9.64. The molecule has 0 aliphatic rings. The Labute approximate surface area is 178 Å². The number of carbonyl (C=O) groups is 3. The molecule has 0 unspecified atom stereocenters. The predicted octanol–water partition coefficient (Wildman–Crippen LogP) is 1.69. The van der Waals surface area contributed by atoms with Crippen LogP contribution >= 0.6 is 11.6 Å². The van der Waals surface area contributed by atoms with Crippen LogP contribution in [0.2, 0.25) is 5.02 Å². The number of nitrogens with two attached hydrogens (primary N) is 1. The van der Waals surface area contributed by atoms with Crippen LogP contribution in [-0.2, 0) is 20.9 Å². The summed E-state index contributed by atoms with van der Waals surface area (Å²) < 4.78 is 20.7. The first-order valence-corrected chi connectivity index (χ1v) is 9.07. The fourth-order valence-electron chi connectivity index (χ4n) is 2.35. The second-order valence-electron chi connectivity index (χ2n) is 5.94. The number of hydrogen-bond donors (Lipinski definition) is 2. The Morgan fingerprint density at radius 3 is 2.13 bits per heavy atom. The summed E-state index contributed by atoms with van der Waals surface area (Å²) in [6.07, 6.45) is 0. The molecule has 0 spiro atoms. The summed E-state index contributed by atoms with van der Waals surface area (Å²) in [6.45, 7) is -0.609. The summed E-state index contributed by atoms with van der Waals surface area (Å²) in [4.78, 5) is 35.2. The minimum Gasteiger partial charge on any atom is -0.493 e. The second-order valence-corrected chi connectivity index (χ2v) is 6.38. The minimum atomic E-state index is -0.769. The molecule has 9 nitrogen and oxygen atoms in total. The van der Waals surface area contributed by atoms with Crippen molar-refractivity contribution in [2.24, 2.45) is 5.73 Å². The molecule has 0 aromatic heterocycles. The number of nitrogens with one attached hydrogen (secondary N) is 1. The van der Waals surface area contributed by atoms with Gasteiger partial charge in [-0.1, -0.05) is 23.7 Å². The summed E-state index contributed by atoms with van der Waals surface area (Å²) >= 11 is 5.81. The van der Waals surface area contributed by atoms with Gasteiger partial charge in [-0.2, -0.15) is 0 Å². The lowest BCUT2D eigenvalue weighted by Gasteiger charge is -2.15. The van der Waals surface area contributed by atoms with Crippen molar-refractivity contribution in [2.45, 2.75) is 6.54 Å². The van der Waals surface area contributed by atoms with Crippen LogP contribution < -0.4 is 25.3 Å². The van der Waals surface area contributed by atoms with Gasteiger partial charge in [0.05, 0.1) is 19.8 Å². The largest absolute Gasteiger partial charge is 0.493 e. The SMILES string of the molecule is COc1cc(C(=O)OCC(=O)NCc2ccc(Cl)cc2)cc(OC)c1OCC(N)=O. The van der Waals surface area contributed by atoms with Gasteiger partial charge >= 0.3 is 5.97 Å². The van der Waals surface area contributed by atoms with E-state index in [0.29, 0.717) is 5.02 Å². The van der Waals surface area contributed by atoms with Gasteiger partial charge in [0.1, 0.15) is 0 Å². The molecule has 0 saturated carbocycles. The third kappa shape index (κ3) is 6.56. The number of amides is 2. The molecule has 3 N–H and O–H groups in total. The van der Waals surface area contributed by atoms with Crippen molar-refractivity contribution in [3.63, 3.8) is 0 Å². The van der Waals surface area contributed by atoms with E-state index in [-0.39, 0.29) is 29.4 Å². The lowest BCUT2D eigenvalue weighted by atomic mass is 10.2. The molecule has 30 heavy (non-hydrogen) atoms. The zero-order valence-corrected chi connectivity index (χ0v) is 17.2. The average Bonchev–Trinajstić information content (AvgIpc) is 2.74. The molecular weight excluding hydrogens is 416 g/mol. The lowest BCUT2D eigenvalue weighted by Crippen LogP contribution is -2.28. The van der Waals surface area contributed by atoms with Crippen LogP contribution in [0, 0.1) is 0 Å². The van der Waals surface area contributed by atoms with Crippen molar-refractivity contribution in [3.05, 3.63) is 52.5 Å². The maximum absolute atomic E-state index is 12.3. The summed E-state index contributed by atoms with van der Waals surface area (Å²) in [5, 5.41) is 3.23. The molecule has 0 aliphatic carbocycles. The number of benzene rings is 2. The second kappa shape index (κ2) is 10.9. The van der Waals surface area contributed by atoms with E-state index in [4.69, 9.17) is 36.3 Å². The molecule has 2 aromatic rings. The van der Waals surface area contributed by atoms with Crippen LogP contribution in [0.25, 0.3) is 0 Å². The number of esters is 1. The van der Waals surface area contributed by atoms with Crippen molar-refractivity contribution in [1.29, 1.82) is 0 Å². The number of rotatable bonds is 10. The first kappa shape index (κ1) is 22.8. The van der Waals surface area contributed by atoms with E-state index in [1.807, 2.05) is 0 Å². The van der Waals surface area contributed by atoms with Crippen LogP contribution in [0.3, 0.4) is 0 Å². The van der Waals surface area contributed by atoms with Gasteiger partial charge in [0.15, 0.2) is 24.7 Å². The van der Waals surface area contributed by atoms with Crippen LogP contribution in [-0.4, -0.2) is 45.2 Å². The first-order valence-electron chi connectivity index (χ1n) is 8.69. The Hall–Kier alpha value is -3.46. The molecule has 0 aliphatic heterocycles. The average molecular weight is 437 g/mol. The van der Waals surface area contributed by atoms with Gasteiger partial charge in [0.2, 0.25) is 5.75 Å². The molecule has 2 amide bonds. The number of halogens is 1. The molecule has 0 fully saturated rings. The normalized spacial score (nSPS) is 10.1. The van der Waals surface area contributed by atoms with Crippen LogP contribution in [0.1, 0.15) is 15.9 Å². The monoisotopic (exact) mass is 436 g/mol. The van der Waals surface area contributed by atoms with E-state index in [0.717, 1.165) is 5.56 Å². The fraction of sp³-hybridized carbons (Fsp3) is 0.250. The van der Waals surface area contributed by atoms with Gasteiger partial charge in [-0.25, -0.2) is 4.79 Å². The van der Waals surface area contributed by atoms with Crippen LogP contribution in [0.15, 0.2) is 36.4 Å². The fourth-order valence-corrected chi connectivity index (χ4v) is 2.48. The molecule has 10 heteroatoms. The van der Waals surface area contributed by atoms with E-state index in [9.17, 15) is 14.4 Å². The van der Waals surface area contributed by atoms with Gasteiger partial charge in [-0.3, -0.25) is 9.59 Å². The highest BCUT2D eigenvalue weighted by atomic mass is 35.5. The van der Waals surface area contributed by atoms with E-state index in [2.05, 4.69) is 5.32 Å². The highest BCUT2D eigenvalue weighted by molar-refractivity contribution is 6.30. The topological polar surface area (TPSA) is 126 Å². The van der Waals surface area contributed by atoms with Gasteiger partial charge in [-0.15, -0.1) is 0 Å². The number of methoxy groups -OCH3 is 2. The number of ether oxygens (including phenoxy) is 4. The Kier molecular flexibility index (Phi) is 8.30. The van der Waals surface area contributed by atoms with E-state index >= 15 is 0 Å². The van der Waals surface area contributed by atoms with Crippen LogP contribution in [0.4, 0.5) is 0 Å². The molecule has 0 radical (unpaired) electrons. The van der Waals surface area contributed by atoms with Crippen molar-refractivity contribution >= 4 is 29.4 Å². The number of primary amides is 1. The zero-order chi connectivity index (χ0) is 22.1. The molecule has 0 atom stereocenters. The van der Waals surface area contributed by atoms with Crippen molar-refractivity contribution in [1.82, 2.24) is 5.32 Å². The molecule has 2 rings (SSSR count). The van der Waals surface area contributed by atoms with E-state index in [1.54, 1.807) is 24.3 Å². The van der Waals surface area contributed by atoms with Gasteiger partial charge in [-0.05, 0) is 29.8 Å². The Morgan fingerprint density at radius 1 is 1.00 bits per heavy atom. The number of hydrogen-bond acceptors (Lipinski definition) is 7. The van der Waals surface area contributed by atoms with E-state index < -0.39 is 31.0 Å². The molecule has 0 saturated heterocycles. The molecule has 2 aromatic carbocycles. The molecule has 0 heterocycles. The number of carbonyl (C=O) groups excluding carboxylic acids is 3. The Bertz CT molecular complexity index is 891. The van der Waals surface area contributed by atoms with Gasteiger partial charge in [0, 0.05) is 11.6 Å². The maximum atomic E-state index is 12.3. The van der Waals surface area contributed by atoms with Gasteiger partial charge in [0.25, 0.3) is 11.8 Å². The smallest absolute Gasteiger partial charge is 0.338 e. The third-order valence-corrected chi connectivity index (χ3v) is 4.04. The standard InChI is InChI=1S/C20H21ClN2O7/c1-27-15-7-13(8-16(28-2)19(15)29-10-17(22)24)20(26)30-11-18(25)23-9-12-3-5-14(21)6-4-12/h3-8H,9-11H2,1-2H3,(H2,22,24)(H,23,25). The lowest BCUT2D eigenvalue weighted by molar-refractivity contribution is -0.124. The predicted molar refractivity (Wildman–Crippen MR) is 108 cm³/mol. The maximum Gasteiger partial charge on any atom is 0.338 e. The first-order chi connectivity index (χ1) is 14.3. The van der Waals surface area contributed by atoms with Crippen molar-refractivity contribution in [3.8, 4) is 17.2 Å². The van der Waals surface area contributed by atoms with Crippen LogP contribution in [0.5, 0.6) is 17.2 Å². The quantitative estimate of drug-likeness (QED) is 0.542.